The monoisotopic (exact) mass is 412 g/mol. The molecule has 152 valence electrons. The van der Waals surface area contributed by atoms with Crippen LogP contribution in [0.2, 0.25) is 0 Å². The van der Waals surface area contributed by atoms with Crippen molar-refractivity contribution in [3.63, 3.8) is 0 Å². The molecule has 3 aromatic rings. The van der Waals surface area contributed by atoms with Gasteiger partial charge in [-0.15, -0.1) is 10.2 Å². The van der Waals surface area contributed by atoms with Gasteiger partial charge in [0.25, 0.3) is 0 Å². The minimum atomic E-state index is -0.396. The third kappa shape index (κ3) is 4.40. The van der Waals surface area contributed by atoms with Crippen LogP contribution in [0.1, 0.15) is 26.2 Å². The lowest BCUT2D eigenvalue weighted by atomic mass is 10.1. The summed E-state index contributed by atoms with van der Waals surface area (Å²) in [7, 11) is 0. The van der Waals surface area contributed by atoms with Crippen LogP contribution in [0.3, 0.4) is 0 Å². The van der Waals surface area contributed by atoms with E-state index in [0.29, 0.717) is 16.7 Å². The zero-order valence-electron chi connectivity index (χ0n) is 16.2. The molecule has 1 fully saturated rings. The molecule has 1 amide bonds. The Bertz CT molecular complexity index is 948. The fraction of sp³-hybridized carbons (Fsp3) is 0.350. The number of piperidine rings is 1. The lowest BCUT2D eigenvalue weighted by Gasteiger charge is -2.28. The SMILES string of the molecule is C[C@H](Sc1nnc(-c2ccco2)n1N)C(=O)Nc1ccc(N2CCCCC2)cc1. The van der Waals surface area contributed by atoms with Gasteiger partial charge < -0.3 is 20.5 Å². The molecule has 1 aliphatic heterocycles. The maximum atomic E-state index is 12.6. The first-order chi connectivity index (χ1) is 14.1. The second kappa shape index (κ2) is 8.60. The van der Waals surface area contributed by atoms with Crippen LogP contribution in [0.4, 0.5) is 11.4 Å². The van der Waals surface area contributed by atoms with Crippen molar-refractivity contribution in [1.29, 1.82) is 0 Å². The molecule has 8 nitrogen and oxygen atoms in total. The number of carbonyl (C=O) groups is 1. The number of benzene rings is 1. The first-order valence-electron chi connectivity index (χ1n) is 9.69. The van der Waals surface area contributed by atoms with Crippen molar-refractivity contribution < 1.29 is 9.21 Å². The lowest BCUT2D eigenvalue weighted by Crippen LogP contribution is -2.29. The Labute approximate surface area is 173 Å². The van der Waals surface area contributed by atoms with E-state index in [1.54, 1.807) is 18.4 Å². The van der Waals surface area contributed by atoms with Gasteiger partial charge in [-0.1, -0.05) is 11.8 Å². The highest BCUT2D eigenvalue weighted by atomic mass is 32.2. The summed E-state index contributed by atoms with van der Waals surface area (Å²) in [4.78, 5) is 15.0. The number of anilines is 2. The van der Waals surface area contributed by atoms with E-state index in [9.17, 15) is 4.79 Å². The van der Waals surface area contributed by atoms with Crippen molar-refractivity contribution in [1.82, 2.24) is 14.9 Å². The van der Waals surface area contributed by atoms with Crippen LogP contribution < -0.4 is 16.1 Å². The molecular formula is C20H24N6O2S. The fourth-order valence-electron chi connectivity index (χ4n) is 3.29. The van der Waals surface area contributed by atoms with Gasteiger partial charge in [0.1, 0.15) is 0 Å². The Morgan fingerprint density at radius 3 is 2.62 bits per heavy atom. The fourth-order valence-corrected chi connectivity index (χ4v) is 4.06. The second-order valence-electron chi connectivity index (χ2n) is 7.00. The first-order valence-corrected chi connectivity index (χ1v) is 10.6. The molecule has 4 rings (SSSR count). The summed E-state index contributed by atoms with van der Waals surface area (Å²) in [5, 5.41) is 11.1. The molecular weight excluding hydrogens is 388 g/mol. The van der Waals surface area contributed by atoms with E-state index in [0.717, 1.165) is 18.8 Å². The molecule has 0 bridgehead atoms. The predicted molar refractivity (Wildman–Crippen MR) is 114 cm³/mol. The Balaban J connectivity index is 1.36. The molecule has 0 spiro atoms. The van der Waals surface area contributed by atoms with Gasteiger partial charge in [-0.2, -0.15) is 0 Å². The van der Waals surface area contributed by atoms with Crippen LogP contribution in [0.15, 0.2) is 52.2 Å². The average Bonchev–Trinajstić information content (AvgIpc) is 3.39. The molecule has 3 N–H and O–H groups in total. The smallest absolute Gasteiger partial charge is 0.237 e. The van der Waals surface area contributed by atoms with Gasteiger partial charge >= 0.3 is 0 Å². The van der Waals surface area contributed by atoms with Crippen LogP contribution >= 0.6 is 11.8 Å². The van der Waals surface area contributed by atoms with E-state index >= 15 is 0 Å². The predicted octanol–water partition coefficient (Wildman–Crippen LogP) is 3.36. The molecule has 2 aromatic heterocycles. The molecule has 3 heterocycles. The third-order valence-electron chi connectivity index (χ3n) is 4.91. The van der Waals surface area contributed by atoms with Crippen molar-refractivity contribution in [3.8, 4) is 11.6 Å². The summed E-state index contributed by atoms with van der Waals surface area (Å²) in [5.41, 5.74) is 1.97. The van der Waals surface area contributed by atoms with Crippen LogP contribution in [0.5, 0.6) is 0 Å². The molecule has 0 saturated carbocycles. The maximum Gasteiger partial charge on any atom is 0.237 e. The summed E-state index contributed by atoms with van der Waals surface area (Å²) >= 11 is 1.24. The van der Waals surface area contributed by atoms with Crippen LogP contribution in [-0.2, 0) is 4.79 Å². The van der Waals surface area contributed by atoms with Crippen molar-refractivity contribution in [2.75, 3.05) is 29.1 Å². The number of aromatic nitrogens is 3. The van der Waals surface area contributed by atoms with Gasteiger partial charge in [0.15, 0.2) is 5.76 Å². The van der Waals surface area contributed by atoms with Gasteiger partial charge in [-0.25, -0.2) is 4.68 Å². The zero-order chi connectivity index (χ0) is 20.2. The molecule has 29 heavy (non-hydrogen) atoms. The van der Waals surface area contributed by atoms with Gasteiger partial charge in [-0.3, -0.25) is 4.79 Å². The topological polar surface area (TPSA) is 102 Å². The number of amides is 1. The standard InChI is InChI=1S/C20H24N6O2S/c1-14(29-20-24-23-18(26(20)21)17-6-5-13-28-17)19(27)22-15-7-9-16(10-8-15)25-11-3-2-4-12-25/h5-10,13-14H,2-4,11-12,21H2,1H3,(H,22,27)/t14-/m0/s1. The number of carbonyl (C=O) groups excluding carboxylic acids is 1. The molecule has 1 aliphatic rings. The van der Waals surface area contributed by atoms with E-state index in [4.69, 9.17) is 10.3 Å². The minimum Gasteiger partial charge on any atom is -0.461 e. The van der Waals surface area contributed by atoms with E-state index in [1.165, 1.54) is 41.4 Å². The van der Waals surface area contributed by atoms with Gasteiger partial charge in [0, 0.05) is 24.5 Å². The Morgan fingerprint density at radius 2 is 1.93 bits per heavy atom. The lowest BCUT2D eigenvalue weighted by molar-refractivity contribution is -0.115. The second-order valence-corrected chi connectivity index (χ2v) is 8.31. The summed E-state index contributed by atoms with van der Waals surface area (Å²) in [6.07, 6.45) is 5.32. The number of nitrogens with two attached hydrogens (primary N) is 1. The number of nitrogens with zero attached hydrogens (tertiary/aromatic N) is 4. The van der Waals surface area contributed by atoms with Gasteiger partial charge in [0.2, 0.25) is 16.9 Å². The number of nitrogen functional groups attached to an aromatic ring is 1. The van der Waals surface area contributed by atoms with Crippen molar-refractivity contribution >= 4 is 29.0 Å². The van der Waals surface area contributed by atoms with Crippen molar-refractivity contribution in [2.24, 2.45) is 0 Å². The Kier molecular flexibility index (Phi) is 5.75. The van der Waals surface area contributed by atoms with Crippen LogP contribution in [0, 0.1) is 0 Å². The molecule has 9 heteroatoms. The third-order valence-corrected chi connectivity index (χ3v) is 5.97. The highest BCUT2D eigenvalue weighted by Crippen LogP contribution is 2.26. The molecule has 1 aromatic carbocycles. The zero-order valence-corrected chi connectivity index (χ0v) is 17.1. The molecule has 1 saturated heterocycles. The van der Waals surface area contributed by atoms with E-state index < -0.39 is 5.25 Å². The number of rotatable bonds is 6. The molecule has 0 aliphatic carbocycles. The molecule has 1 atom stereocenters. The molecule has 0 radical (unpaired) electrons. The van der Waals surface area contributed by atoms with E-state index in [1.807, 2.05) is 19.1 Å². The Morgan fingerprint density at radius 1 is 1.17 bits per heavy atom. The van der Waals surface area contributed by atoms with E-state index in [2.05, 4.69) is 32.5 Å². The van der Waals surface area contributed by atoms with Crippen LogP contribution in [0.25, 0.3) is 11.6 Å². The quantitative estimate of drug-likeness (QED) is 0.473. The normalized spacial score (nSPS) is 15.3. The number of nitrogens with one attached hydrogen (secondary N) is 1. The van der Waals surface area contributed by atoms with Crippen molar-refractivity contribution in [2.45, 2.75) is 36.6 Å². The highest BCUT2D eigenvalue weighted by molar-refractivity contribution is 8.00. The summed E-state index contributed by atoms with van der Waals surface area (Å²) < 4.78 is 6.64. The summed E-state index contributed by atoms with van der Waals surface area (Å²) in [6, 6.07) is 11.5. The number of hydrogen-bond acceptors (Lipinski definition) is 7. The van der Waals surface area contributed by atoms with E-state index in [-0.39, 0.29) is 5.91 Å². The molecule has 0 unspecified atom stereocenters. The maximum absolute atomic E-state index is 12.6. The minimum absolute atomic E-state index is 0.122. The highest BCUT2D eigenvalue weighted by Gasteiger charge is 2.21. The largest absolute Gasteiger partial charge is 0.461 e. The Hall–Kier alpha value is -2.94. The summed E-state index contributed by atoms with van der Waals surface area (Å²) in [6.45, 7) is 4.00. The number of hydrogen-bond donors (Lipinski definition) is 2. The van der Waals surface area contributed by atoms with Gasteiger partial charge in [-0.05, 0) is 62.6 Å². The van der Waals surface area contributed by atoms with Crippen molar-refractivity contribution in [3.05, 3.63) is 42.7 Å². The number of thioether (sulfide) groups is 1. The number of furan rings is 1. The first kappa shape index (κ1) is 19.4. The summed E-state index contributed by atoms with van der Waals surface area (Å²) in [5.74, 6) is 6.88. The van der Waals surface area contributed by atoms with Crippen LogP contribution in [-0.4, -0.2) is 39.1 Å². The van der Waals surface area contributed by atoms with Gasteiger partial charge in [0.05, 0.1) is 11.5 Å². The average molecular weight is 413 g/mol.